The zero-order chi connectivity index (χ0) is 24.2. The lowest BCUT2D eigenvalue weighted by Crippen LogP contribution is -2.37. The first-order chi connectivity index (χ1) is 17.1. The van der Waals surface area contributed by atoms with Gasteiger partial charge in [-0.3, -0.25) is 0 Å². The number of hydrogen-bond acceptors (Lipinski definition) is 1. The van der Waals surface area contributed by atoms with Crippen molar-refractivity contribution in [3.8, 4) is 5.75 Å². The number of rotatable bonds is 9. The molecule has 3 heteroatoms. The molecule has 0 aliphatic carbocycles. The number of nitrogens with zero attached hydrogens (tertiary/aromatic N) is 2. The molecule has 0 saturated heterocycles. The number of pyridine rings is 1. The number of benzene rings is 3. The predicted molar refractivity (Wildman–Crippen MR) is 145 cm³/mol. The van der Waals surface area contributed by atoms with Gasteiger partial charge in [0, 0.05) is 41.9 Å². The third-order valence-corrected chi connectivity index (χ3v) is 6.73. The van der Waals surface area contributed by atoms with E-state index in [0.717, 1.165) is 38.3 Å². The molecule has 0 aliphatic rings. The van der Waals surface area contributed by atoms with Crippen LogP contribution in [-0.4, -0.2) is 11.2 Å². The Kier molecular flexibility index (Phi) is 6.85. The minimum absolute atomic E-state index is 0.548. The maximum atomic E-state index is 6.21. The molecule has 3 nitrogen and oxygen atoms in total. The zero-order valence-electron chi connectivity index (χ0n) is 21.1. The van der Waals surface area contributed by atoms with Gasteiger partial charge >= 0.3 is 0 Å². The van der Waals surface area contributed by atoms with Gasteiger partial charge < -0.3 is 9.30 Å². The average Bonchev–Trinajstić information content (AvgIpc) is 3.18. The van der Waals surface area contributed by atoms with E-state index in [1.54, 1.807) is 0 Å². The molecule has 0 aliphatic heterocycles. The number of aromatic nitrogens is 2. The van der Waals surface area contributed by atoms with Crippen molar-refractivity contribution in [3.63, 3.8) is 0 Å². The highest BCUT2D eigenvalue weighted by atomic mass is 16.5. The molecular weight excluding hydrogens is 428 g/mol. The van der Waals surface area contributed by atoms with E-state index in [1.165, 1.54) is 38.6 Å². The maximum absolute atomic E-state index is 6.21. The third-order valence-electron chi connectivity index (χ3n) is 6.73. The van der Waals surface area contributed by atoms with E-state index >= 15 is 0 Å². The van der Waals surface area contributed by atoms with Gasteiger partial charge in [0.25, 0.3) is 0 Å². The summed E-state index contributed by atoms with van der Waals surface area (Å²) in [5.74, 6) is 1.50. The van der Waals surface area contributed by atoms with Gasteiger partial charge in [0.2, 0.25) is 5.69 Å². The van der Waals surface area contributed by atoms with Gasteiger partial charge in [0.15, 0.2) is 12.7 Å². The van der Waals surface area contributed by atoms with Crippen LogP contribution in [0, 0.1) is 12.8 Å². The molecule has 5 rings (SSSR count). The van der Waals surface area contributed by atoms with Crippen molar-refractivity contribution >= 4 is 21.8 Å². The van der Waals surface area contributed by atoms with Gasteiger partial charge in [-0.2, -0.15) is 4.57 Å². The molecule has 0 saturated carbocycles. The summed E-state index contributed by atoms with van der Waals surface area (Å²) in [4.78, 5) is 0. The van der Waals surface area contributed by atoms with E-state index < -0.39 is 0 Å². The number of aryl methyl sites for hydroxylation is 2. The first-order valence-electron chi connectivity index (χ1n) is 12.8. The summed E-state index contributed by atoms with van der Waals surface area (Å²) in [5.41, 5.74) is 6.57. The molecule has 0 radical (unpaired) electrons. The van der Waals surface area contributed by atoms with Crippen molar-refractivity contribution < 1.29 is 9.30 Å². The van der Waals surface area contributed by atoms with Crippen LogP contribution in [0.5, 0.6) is 5.75 Å². The molecule has 0 spiro atoms. The van der Waals surface area contributed by atoms with Crippen molar-refractivity contribution in [2.75, 3.05) is 6.61 Å². The summed E-state index contributed by atoms with van der Waals surface area (Å²) in [6, 6.07) is 30.2. The summed E-state index contributed by atoms with van der Waals surface area (Å²) >= 11 is 0. The summed E-state index contributed by atoms with van der Waals surface area (Å²) in [6.45, 7) is 9.41. The van der Waals surface area contributed by atoms with E-state index in [2.05, 4.69) is 121 Å². The van der Waals surface area contributed by atoms with E-state index in [4.69, 9.17) is 4.74 Å². The number of ether oxygens (including phenoxy) is 1. The first kappa shape index (κ1) is 23.2. The Morgan fingerprint density at radius 3 is 2.26 bits per heavy atom. The highest BCUT2D eigenvalue weighted by molar-refractivity contribution is 6.08. The van der Waals surface area contributed by atoms with Gasteiger partial charge in [-0.15, -0.1) is 0 Å². The second-order valence-corrected chi connectivity index (χ2v) is 9.90. The molecule has 2 heterocycles. The van der Waals surface area contributed by atoms with E-state index in [1.807, 2.05) is 0 Å². The number of fused-ring (bicyclic) bond motifs is 3. The molecule has 35 heavy (non-hydrogen) atoms. The van der Waals surface area contributed by atoms with E-state index in [0.29, 0.717) is 5.92 Å². The van der Waals surface area contributed by atoms with Crippen LogP contribution in [0.4, 0.5) is 0 Å². The smallest absolute Gasteiger partial charge is 0.203 e. The molecule has 0 amide bonds. The normalized spacial score (nSPS) is 11.5. The molecule has 2 aromatic heterocycles. The minimum atomic E-state index is 0.548. The average molecular weight is 464 g/mol. The summed E-state index contributed by atoms with van der Waals surface area (Å²) in [5, 5.41) is 2.62. The Balaban J connectivity index is 1.46. The van der Waals surface area contributed by atoms with Gasteiger partial charge in [-0.05, 0) is 36.5 Å². The van der Waals surface area contributed by atoms with E-state index in [-0.39, 0.29) is 0 Å². The second-order valence-electron chi connectivity index (χ2n) is 9.90. The molecule has 0 bridgehead atoms. The zero-order valence-corrected chi connectivity index (χ0v) is 21.1. The van der Waals surface area contributed by atoms with Gasteiger partial charge in [0.05, 0.1) is 12.1 Å². The lowest BCUT2D eigenvalue weighted by Gasteiger charge is -2.12. The topological polar surface area (TPSA) is 18.0 Å². The van der Waals surface area contributed by atoms with Crippen LogP contribution >= 0.6 is 0 Å². The van der Waals surface area contributed by atoms with E-state index in [9.17, 15) is 0 Å². The third kappa shape index (κ3) is 5.09. The van der Waals surface area contributed by atoms with Crippen molar-refractivity contribution in [2.45, 2.75) is 46.7 Å². The van der Waals surface area contributed by atoms with Crippen LogP contribution in [-0.2, 0) is 19.5 Å². The Labute approximate surface area is 208 Å². The van der Waals surface area contributed by atoms with Gasteiger partial charge in [0.1, 0.15) is 11.3 Å². The fourth-order valence-electron chi connectivity index (χ4n) is 5.03. The van der Waals surface area contributed by atoms with Crippen molar-refractivity contribution in [1.82, 2.24) is 4.57 Å². The predicted octanol–water partition coefficient (Wildman–Crippen LogP) is 7.11. The lowest BCUT2D eigenvalue weighted by atomic mass is 10.1. The highest BCUT2D eigenvalue weighted by Crippen LogP contribution is 2.33. The molecule has 0 fully saturated rings. The quantitative estimate of drug-likeness (QED) is 0.168. The minimum Gasteiger partial charge on any atom is -0.494 e. The molecule has 178 valence electrons. The van der Waals surface area contributed by atoms with Crippen molar-refractivity contribution in [2.24, 2.45) is 5.92 Å². The summed E-state index contributed by atoms with van der Waals surface area (Å²) < 4.78 is 11.1. The molecule has 0 unspecified atom stereocenters. The monoisotopic (exact) mass is 463 g/mol. The Morgan fingerprint density at radius 1 is 0.829 bits per heavy atom. The van der Waals surface area contributed by atoms with Crippen molar-refractivity contribution in [3.05, 3.63) is 108 Å². The molecule has 5 aromatic rings. The Hall–Kier alpha value is -3.59. The van der Waals surface area contributed by atoms with Crippen LogP contribution in [0.25, 0.3) is 21.8 Å². The van der Waals surface area contributed by atoms with Crippen LogP contribution in [0.2, 0.25) is 0 Å². The Morgan fingerprint density at radius 2 is 1.54 bits per heavy atom. The standard InChI is InChI=1S/C32H35N2O/c1-24(2)22-34-31-21-28(35-20-10-15-26-11-6-4-7-12-26)16-17-29(31)30-18-19-33(25(3)32(30)34)23-27-13-8-5-9-14-27/h4-9,11-14,16-19,21,24H,10,15,20,22-23H2,1-3H3/q+1. The van der Waals surface area contributed by atoms with Crippen LogP contribution in [0.1, 0.15) is 37.1 Å². The molecule has 0 atom stereocenters. The van der Waals surface area contributed by atoms with Gasteiger partial charge in [-0.1, -0.05) is 74.5 Å². The van der Waals surface area contributed by atoms with Crippen LogP contribution < -0.4 is 9.30 Å². The highest BCUT2D eigenvalue weighted by Gasteiger charge is 2.20. The van der Waals surface area contributed by atoms with Crippen LogP contribution in [0.3, 0.4) is 0 Å². The molecular formula is C32H35N2O+. The maximum Gasteiger partial charge on any atom is 0.203 e. The molecule has 3 aromatic carbocycles. The van der Waals surface area contributed by atoms with Gasteiger partial charge in [-0.25, -0.2) is 0 Å². The fraction of sp³-hybridized carbons (Fsp3) is 0.281. The second kappa shape index (κ2) is 10.4. The fourth-order valence-corrected chi connectivity index (χ4v) is 5.03. The first-order valence-corrected chi connectivity index (χ1v) is 12.8. The molecule has 0 N–H and O–H groups in total. The SMILES string of the molecule is Cc1c2c(cc[n+]1Cc1ccccc1)c1ccc(OCCCc3ccccc3)cc1n2CC(C)C. The lowest BCUT2D eigenvalue weighted by molar-refractivity contribution is -0.693. The van der Waals surface area contributed by atoms with Crippen molar-refractivity contribution in [1.29, 1.82) is 0 Å². The largest absolute Gasteiger partial charge is 0.494 e. The van der Waals surface area contributed by atoms with Crippen LogP contribution in [0.15, 0.2) is 91.1 Å². The Bertz CT molecular complexity index is 1420. The summed E-state index contributed by atoms with van der Waals surface area (Å²) in [6.07, 6.45) is 4.28. The number of hydrogen-bond donors (Lipinski definition) is 0. The summed E-state index contributed by atoms with van der Waals surface area (Å²) in [7, 11) is 0.